The van der Waals surface area contributed by atoms with Crippen molar-refractivity contribution in [1.29, 1.82) is 0 Å². The van der Waals surface area contributed by atoms with Crippen LogP contribution in [-0.4, -0.2) is 46.5 Å². The lowest BCUT2D eigenvalue weighted by Gasteiger charge is -2.30. The number of nitrogens with one attached hydrogen (secondary N) is 2. The van der Waals surface area contributed by atoms with Crippen molar-refractivity contribution in [2.24, 2.45) is 10.4 Å². The molecule has 0 amide bonds. The Morgan fingerprint density at radius 3 is 2.36 bits per heavy atom. The van der Waals surface area contributed by atoms with Gasteiger partial charge in [-0.1, -0.05) is 20.8 Å². The summed E-state index contributed by atoms with van der Waals surface area (Å²) in [5, 5.41) is 6.62. The van der Waals surface area contributed by atoms with E-state index in [2.05, 4.69) is 36.4 Å². The molecule has 2 N–H and O–H groups in total. The first-order chi connectivity index (χ1) is 11.8. The Balaban J connectivity index is 2.82. The lowest BCUT2D eigenvalue weighted by molar-refractivity contribution is 0.0205. The second kappa shape index (κ2) is 10.1. The molecule has 25 heavy (non-hydrogen) atoms. The van der Waals surface area contributed by atoms with Crippen molar-refractivity contribution in [3.63, 3.8) is 0 Å². The molecule has 0 radical (unpaired) electrons. The number of benzene rings is 1. The number of ether oxygens (including phenoxy) is 3. The number of guanidine groups is 1. The summed E-state index contributed by atoms with van der Waals surface area (Å²) >= 11 is 0. The van der Waals surface area contributed by atoms with Crippen LogP contribution < -0.4 is 20.1 Å². The molecule has 0 aromatic heterocycles. The Morgan fingerprint density at radius 2 is 1.84 bits per heavy atom. The summed E-state index contributed by atoms with van der Waals surface area (Å²) in [6.07, 6.45) is 0.0897. The van der Waals surface area contributed by atoms with E-state index in [-0.39, 0.29) is 11.5 Å². The molecule has 0 aliphatic heterocycles. The third-order valence-electron chi connectivity index (χ3n) is 3.95. The predicted octanol–water partition coefficient (Wildman–Crippen LogP) is 2.82. The number of nitrogens with zero attached hydrogens (tertiary/aromatic N) is 1. The maximum absolute atomic E-state index is 5.59. The number of hydrogen-bond acceptors (Lipinski definition) is 4. The molecule has 1 unspecified atom stereocenters. The van der Waals surface area contributed by atoms with E-state index in [4.69, 9.17) is 14.2 Å². The Morgan fingerprint density at radius 1 is 1.12 bits per heavy atom. The number of rotatable bonds is 8. The fraction of sp³-hybridized carbons (Fsp3) is 0.632. The van der Waals surface area contributed by atoms with Crippen molar-refractivity contribution in [2.45, 2.75) is 40.3 Å². The molecule has 0 spiro atoms. The van der Waals surface area contributed by atoms with E-state index in [0.717, 1.165) is 29.6 Å². The van der Waals surface area contributed by atoms with E-state index in [1.165, 1.54) is 0 Å². The summed E-state index contributed by atoms with van der Waals surface area (Å²) in [5.41, 5.74) is 1.05. The maximum Gasteiger partial charge on any atom is 0.191 e. The third-order valence-corrected chi connectivity index (χ3v) is 3.95. The van der Waals surface area contributed by atoms with Crippen LogP contribution in [0.4, 0.5) is 0 Å². The van der Waals surface area contributed by atoms with Crippen LogP contribution in [0.5, 0.6) is 11.5 Å². The Bertz CT molecular complexity index is 553. The van der Waals surface area contributed by atoms with Gasteiger partial charge in [0.05, 0.1) is 26.9 Å². The topological polar surface area (TPSA) is 64.1 Å². The van der Waals surface area contributed by atoms with E-state index >= 15 is 0 Å². The first-order valence-corrected chi connectivity index (χ1v) is 8.61. The predicted molar refractivity (Wildman–Crippen MR) is 103 cm³/mol. The minimum absolute atomic E-state index is 0.0538. The SMILES string of the molecule is CCNC(=NCc1ccc(OC)cc1OC)NCC(OC)C(C)(C)C. The van der Waals surface area contributed by atoms with Crippen molar-refractivity contribution < 1.29 is 14.2 Å². The molecule has 1 atom stereocenters. The van der Waals surface area contributed by atoms with Gasteiger partial charge in [0.2, 0.25) is 0 Å². The smallest absolute Gasteiger partial charge is 0.191 e. The fourth-order valence-electron chi connectivity index (χ4n) is 2.42. The molecule has 0 aliphatic carbocycles. The minimum atomic E-state index is 0.0538. The quantitative estimate of drug-likeness (QED) is 0.557. The highest BCUT2D eigenvalue weighted by Gasteiger charge is 2.24. The molecule has 1 aromatic rings. The summed E-state index contributed by atoms with van der Waals surface area (Å²) in [7, 11) is 5.03. The van der Waals surface area contributed by atoms with Gasteiger partial charge in [0.15, 0.2) is 5.96 Å². The van der Waals surface area contributed by atoms with Gasteiger partial charge < -0.3 is 24.8 Å². The fourth-order valence-corrected chi connectivity index (χ4v) is 2.42. The van der Waals surface area contributed by atoms with Crippen LogP contribution in [0.25, 0.3) is 0 Å². The van der Waals surface area contributed by atoms with Gasteiger partial charge in [-0.25, -0.2) is 4.99 Å². The molecule has 6 nitrogen and oxygen atoms in total. The molecular formula is C19H33N3O3. The van der Waals surface area contributed by atoms with Gasteiger partial charge in [0.25, 0.3) is 0 Å². The zero-order valence-electron chi connectivity index (χ0n) is 16.6. The van der Waals surface area contributed by atoms with Crippen LogP contribution >= 0.6 is 0 Å². The zero-order chi connectivity index (χ0) is 18.9. The maximum atomic E-state index is 5.59. The number of hydrogen-bond donors (Lipinski definition) is 2. The highest BCUT2D eigenvalue weighted by atomic mass is 16.5. The van der Waals surface area contributed by atoms with E-state index in [9.17, 15) is 0 Å². The molecule has 0 aliphatic rings. The highest BCUT2D eigenvalue weighted by molar-refractivity contribution is 5.79. The highest BCUT2D eigenvalue weighted by Crippen LogP contribution is 2.25. The largest absolute Gasteiger partial charge is 0.497 e. The van der Waals surface area contributed by atoms with Gasteiger partial charge in [-0.2, -0.15) is 0 Å². The molecule has 1 aromatic carbocycles. The summed E-state index contributed by atoms with van der Waals surface area (Å²) in [5.74, 6) is 2.29. The molecule has 0 saturated carbocycles. The average molecular weight is 351 g/mol. The van der Waals surface area contributed by atoms with Crippen molar-refractivity contribution in [3.05, 3.63) is 23.8 Å². The van der Waals surface area contributed by atoms with Crippen LogP contribution in [0.3, 0.4) is 0 Å². The first kappa shape index (κ1) is 21.1. The second-order valence-electron chi connectivity index (χ2n) is 6.84. The van der Waals surface area contributed by atoms with Gasteiger partial charge in [0, 0.05) is 31.8 Å². The lowest BCUT2D eigenvalue weighted by atomic mass is 9.89. The molecule has 142 valence electrons. The van der Waals surface area contributed by atoms with E-state index in [1.54, 1.807) is 21.3 Å². The van der Waals surface area contributed by atoms with Gasteiger partial charge in [-0.05, 0) is 24.5 Å². The van der Waals surface area contributed by atoms with E-state index in [0.29, 0.717) is 13.1 Å². The van der Waals surface area contributed by atoms with E-state index < -0.39 is 0 Å². The van der Waals surface area contributed by atoms with Gasteiger partial charge >= 0.3 is 0 Å². The zero-order valence-corrected chi connectivity index (χ0v) is 16.6. The molecular weight excluding hydrogens is 318 g/mol. The lowest BCUT2D eigenvalue weighted by Crippen LogP contribution is -2.45. The Hall–Kier alpha value is -1.95. The molecule has 1 rings (SSSR count). The Labute approximate surface area is 152 Å². The molecule has 6 heteroatoms. The molecule has 0 heterocycles. The summed E-state index contributed by atoms with van der Waals surface area (Å²) < 4.78 is 16.2. The van der Waals surface area contributed by atoms with Gasteiger partial charge in [0.1, 0.15) is 11.5 Å². The molecule has 0 bridgehead atoms. The molecule has 0 fully saturated rings. The van der Waals surface area contributed by atoms with Crippen LogP contribution in [-0.2, 0) is 11.3 Å². The number of methoxy groups -OCH3 is 3. The third kappa shape index (κ3) is 6.82. The summed E-state index contributed by atoms with van der Waals surface area (Å²) in [6.45, 7) is 10.5. The van der Waals surface area contributed by atoms with Crippen molar-refractivity contribution in [2.75, 3.05) is 34.4 Å². The summed E-state index contributed by atoms with van der Waals surface area (Å²) in [6, 6.07) is 5.75. The molecule has 0 saturated heterocycles. The monoisotopic (exact) mass is 351 g/mol. The summed E-state index contributed by atoms with van der Waals surface area (Å²) in [4.78, 5) is 4.65. The first-order valence-electron chi connectivity index (χ1n) is 8.61. The minimum Gasteiger partial charge on any atom is -0.497 e. The van der Waals surface area contributed by atoms with Gasteiger partial charge in [-0.3, -0.25) is 0 Å². The van der Waals surface area contributed by atoms with E-state index in [1.807, 2.05) is 25.1 Å². The van der Waals surface area contributed by atoms with Crippen molar-refractivity contribution in [3.8, 4) is 11.5 Å². The number of aliphatic imine (C=N–C) groups is 1. The van der Waals surface area contributed by atoms with Crippen molar-refractivity contribution >= 4 is 5.96 Å². The van der Waals surface area contributed by atoms with Crippen LogP contribution in [0.1, 0.15) is 33.3 Å². The van der Waals surface area contributed by atoms with Crippen LogP contribution in [0.15, 0.2) is 23.2 Å². The van der Waals surface area contributed by atoms with Gasteiger partial charge in [-0.15, -0.1) is 0 Å². The Kier molecular flexibility index (Phi) is 8.55. The average Bonchev–Trinajstić information content (AvgIpc) is 2.58. The van der Waals surface area contributed by atoms with Crippen LogP contribution in [0, 0.1) is 5.41 Å². The second-order valence-corrected chi connectivity index (χ2v) is 6.84. The van der Waals surface area contributed by atoms with Crippen LogP contribution in [0.2, 0.25) is 0 Å². The standard InChI is InChI=1S/C19H33N3O3/c1-8-20-18(22-13-17(25-7)19(2,3)4)21-12-14-9-10-15(23-5)11-16(14)24-6/h9-11,17H,8,12-13H2,1-7H3,(H2,20,21,22). The van der Waals surface area contributed by atoms with Crippen molar-refractivity contribution in [1.82, 2.24) is 10.6 Å². The normalized spacial score (nSPS) is 13.3.